The molecule has 0 radical (unpaired) electrons. The van der Waals surface area contributed by atoms with Gasteiger partial charge >= 0.3 is 0 Å². The number of nitrogens with zero attached hydrogens (tertiary/aromatic N) is 1. The van der Waals surface area contributed by atoms with Gasteiger partial charge in [0.05, 0.1) is 12.3 Å². The Morgan fingerprint density at radius 2 is 2.17 bits per heavy atom. The SMILES string of the molecule is CC(Nc1ccc(N)c(OCC2CC2)n1)C1CC1. The summed E-state index contributed by atoms with van der Waals surface area (Å²) in [6.07, 6.45) is 5.20. The molecular weight excluding hydrogens is 226 g/mol. The van der Waals surface area contributed by atoms with Gasteiger partial charge in [0.2, 0.25) is 5.88 Å². The molecule has 2 aliphatic rings. The maximum atomic E-state index is 5.88. The van der Waals surface area contributed by atoms with Gasteiger partial charge in [-0.15, -0.1) is 0 Å². The van der Waals surface area contributed by atoms with Gasteiger partial charge in [-0.05, 0) is 56.6 Å². The quantitative estimate of drug-likeness (QED) is 0.811. The van der Waals surface area contributed by atoms with Crippen molar-refractivity contribution in [2.75, 3.05) is 17.7 Å². The smallest absolute Gasteiger partial charge is 0.239 e. The zero-order valence-electron chi connectivity index (χ0n) is 10.9. The molecule has 3 rings (SSSR count). The number of hydrogen-bond acceptors (Lipinski definition) is 4. The average Bonchev–Trinajstić information content (AvgIpc) is 3.22. The van der Waals surface area contributed by atoms with Crippen molar-refractivity contribution >= 4 is 11.5 Å². The molecule has 98 valence electrons. The van der Waals surface area contributed by atoms with E-state index in [1.165, 1.54) is 25.7 Å². The summed E-state index contributed by atoms with van der Waals surface area (Å²) in [5, 5.41) is 3.43. The van der Waals surface area contributed by atoms with Crippen LogP contribution in [0.2, 0.25) is 0 Å². The molecule has 0 amide bonds. The van der Waals surface area contributed by atoms with Gasteiger partial charge < -0.3 is 15.8 Å². The molecular formula is C14H21N3O. The molecule has 0 bridgehead atoms. The third kappa shape index (κ3) is 2.86. The molecule has 1 aromatic heterocycles. The van der Waals surface area contributed by atoms with E-state index in [9.17, 15) is 0 Å². The molecule has 18 heavy (non-hydrogen) atoms. The summed E-state index contributed by atoms with van der Waals surface area (Å²) < 4.78 is 5.68. The molecule has 1 unspecified atom stereocenters. The van der Waals surface area contributed by atoms with E-state index >= 15 is 0 Å². The Morgan fingerprint density at radius 3 is 2.83 bits per heavy atom. The Bertz CT molecular complexity index is 427. The fraction of sp³-hybridized carbons (Fsp3) is 0.643. The summed E-state index contributed by atoms with van der Waals surface area (Å²) in [6, 6.07) is 4.28. The molecule has 4 nitrogen and oxygen atoms in total. The Labute approximate surface area is 108 Å². The number of nitrogens with two attached hydrogens (primary N) is 1. The van der Waals surface area contributed by atoms with E-state index in [0.717, 1.165) is 18.3 Å². The van der Waals surface area contributed by atoms with E-state index in [2.05, 4.69) is 17.2 Å². The van der Waals surface area contributed by atoms with Crippen LogP contribution in [-0.4, -0.2) is 17.6 Å². The van der Waals surface area contributed by atoms with Crippen molar-refractivity contribution < 1.29 is 4.74 Å². The number of ether oxygens (including phenoxy) is 1. The Kier molecular flexibility index (Phi) is 3.02. The van der Waals surface area contributed by atoms with Crippen LogP contribution >= 0.6 is 0 Å². The predicted molar refractivity (Wildman–Crippen MR) is 72.7 cm³/mol. The van der Waals surface area contributed by atoms with Crippen LogP contribution in [0, 0.1) is 11.8 Å². The molecule has 0 aromatic carbocycles. The lowest BCUT2D eigenvalue weighted by atomic mass is 10.2. The van der Waals surface area contributed by atoms with Crippen LogP contribution in [0.5, 0.6) is 5.88 Å². The zero-order valence-corrected chi connectivity index (χ0v) is 10.9. The van der Waals surface area contributed by atoms with E-state index in [1.807, 2.05) is 12.1 Å². The van der Waals surface area contributed by atoms with Crippen LogP contribution in [0.1, 0.15) is 32.6 Å². The number of nitrogens with one attached hydrogen (secondary N) is 1. The van der Waals surface area contributed by atoms with Crippen LogP contribution in [0.15, 0.2) is 12.1 Å². The second-order valence-electron chi connectivity index (χ2n) is 5.62. The Balaban J connectivity index is 1.63. The zero-order chi connectivity index (χ0) is 12.5. The van der Waals surface area contributed by atoms with Gasteiger partial charge in [0.1, 0.15) is 5.82 Å². The van der Waals surface area contributed by atoms with Gasteiger partial charge in [-0.3, -0.25) is 0 Å². The van der Waals surface area contributed by atoms with E-state index in [0.29, 0.717) is 23.5 Å². The van der Waals surface area contributed by atoms with E-state index in [-0.39, 0.29) is 0 Å². The third-order valence-corrected chi connectivity index (χ3v) is 3.75. The number of pyridine rings is 1. The summed E-state index contributed by atoms with van der Waals surface area (Å²) in [4.78, 5) is 4.46. The fourth-order valence-electron chi connectivity index (χ4n) is 2.08. The topological polar surface area (TPSA) is 60.2 Å². The van der Waals surface area contributed by atoms with Crippen molar-refractivity contribution in [2.24, 2.45) is 11.8 Å². The molecule has 1 atom stereocenters. The second-order valence-corrected chi connectivity index (χ2v) is 5.62. The van der Waals surface area contributed by atoms with Crippen molar-refractivity contribution in [3.8, 4) is 5.88 Å². The second kappa shape index (κ2) is 4.67. The minimum Gasteiger partial charge on any atom is -0.476 e. The monoisotopic (exact) mass is 247 g/mol. The molecule has 2 saturated carbocycles. The molecule has 1 aromatic rings. The maximum absolute atomic E-state index is 5.88. The highest BCUT2D eigenvalue weighted by Crippen LogP contribution is 2.34. The Hall–Kier alpha value is -1.45. The lowest BCUT2D eigenvalue weighted by molar-refractivity contribution is 0.290. The molecule has 1 heterocycles. The number of rotatable bonds is 6. The van der Waals surface area contributed by atoms with E-state index in [4.69, 9.17) is 10.5 Å². The summed E-state index contributed by atoms with van der Waals surface area (Å²) in [5.74, 6) is 2.97. The highest BCUT2D eigenvalue weighted by atomic mass is 16.5. The normalized spacial score (nSPS) is 20.5. The molecule has 0 saturated heterocycles. The maximum Gasteiger partial charge on any atom is 0.239 e. The Morgan fingerprint density at radius 1 is 1.39 bits per heavy atom. The number of nitrogen functional groups attached to an aromatic ring is 1. The van der Waals surface area contributed by atoms with E-state index in [1.54, 1.807) is 0 Å². The van der Waals surface area contributed by atoms with E-state index < -0.39 is 0 Å². The first-order chi connectivity index (χ1) is 8.72. The first-order valence-electron chi connectivity index (χ1n) is 6.88. The predicted octanol–water partition coefficient (Wildman–Crippen LogP) is 2.66. The van der Waals surface area contributed by atoms with Gasteiger partial charge in [-0.25, -0.2) is 0 Å². The van der Waals surface area contributed by atoms with Crippen LogP contribution < -0.4 is 15.8 Å². The van der Waals surface area contributed by atoms with Crippen LogP contribution in [0.25, 0.3) is 0 Å². The number of aromatic nitrogens is 1. The van der Waals surface area contributed by atoms with Gasteiger partial charge in [0, 0.05) is 6.04 Å². The molecule has 3 N–H and O–H groups in total. The van der Waals surface area contributed by atoms with Crippen molar-refractivity contribution in [1.29, 1.82) is 0 Å². The third-order valence-electron chi connectivity index (χ3n) is 3.75. The van der Waals surface area contributed by atoms with Gasteiger partial charge in [0.25, 0.3) is 0 Å². The minimum absolute atomic E-state index is 0.484. The van der Waals surface area contributed by atoms with Crippen LogP contribution in [0.4, 0.5) is 11.5 Å². The summed E-state index contributed by atoms with van der Waals surface area (Å²) in [5.41, 5.74) is 6.51. The average molecular weight is 247 g/mol. The van der Waals surface area contributed by atoms with Crippen LogP contribution in [0.3, 0.4) is 0 Å². The van der Waals surface area contributed by atoms with Gasteiger partial charge in [-0.2, -0.15) is 4.98 Å². The van der Waals surface area contributed by atoms with Crippen molar-refractivity contribution in [2.45, 2.75) is 38.6 Å². The minimum atomic E-state index is 0.484. The summed E-state index contributed by atoms with van der Waals surface area (Å²) in [7, 11) is 0. The fourth-order valence-corrected chi connectivity index (χ4v) is 2.08. The van der Waals surface area contributed by atoms with Gasteiger partial charge in [0.15, 0.2) is 0 Å². The largest absolute Gasteiger partial charge is 0.476 e. The lowest BCUT2D eigenvalue weighted by Crippen LogP contribution is -2.18. The number of hydrogen-bond donors (Lipinski definition) is 2. The first-order valence-corrected chi connectivity index (χ1v) is 6.88. The summed E-state index contributed by atoms with van der Waals surface area (Å²) >= 11 is 0. The molecule has 0 spiro atoms. The molecule has 2 fully saturated rings. The van der Waals surface area contributed by atoms with Gasteiger partial charge in [-0.1, -0.05) is 0 Å². The number of anilines is 2. The summed E-state index contributed by atoms with van der Waals surface area (Å²) in [6.45, 7) is 2.96. The van der Waals surface area contributed by atoms with Crippen LogP contribution in [-0.2, 0) is 0 Å². The lowest BCUT2D eigenvalue weighted by Gasteiger charge is -2.15. The molecule has 4 heteroatoms. The first kappa shape index (κ1) is 11.6. The highest BCUT2D eigenvalue weighted by Gasteiger charge is 2.28. The molecule has 0 aliphatic heterocycles. The molecule has 2 aliphatic carbocycles. The van der Waals surface area contributed by atoms with Crippen molar-refractivity contribution in [3.63, 3.8) is 0 Å². The highest BCUT2D eigenvalue weighted by molar-refractivity contribution is 5.53. The van der Waals surface area contributed by atoms with Crippen molar-refractivity contribution in [1.82, 2.24) is 4.98 Å². The standard InChI is InChI=1S/C14H21N3O/c1-9(11-4-5-11)16-13-7-6-12(15)14(17-13)18-8-10-2-3-10/h6-7,9-11H,2-5,8,15H2,1H3,(H,16,17). The van der Waals surface area contributed by atoms with Crippen molar-refractivity contribution in [3.05, 3.63) is 12.1 Å².